The molecule has 2 heterocycles. The number of aromatic nitrogens is 1. The summed E-state index contributed by atoms with van der Waals surface area (Å²) in [4.78, 5) is 32.5. The molecule has 0 unspecified atom stereocenters. The molecule has 3 fully saturated rings. The Bertz CT molecular complexity index is 935. The normalized spacial score (nSPS) is 24.2. The number of ether oxygens (including phenoxy) is 1. The van der Waals surface area contributed by atoms with E-state index in [0.29, 0.717) is 23.4 Å². The maximum absolute atomic E-state index is 12.9. The minimum atomic E-state index is -0.420. The fourth-order valence-corrected chi connectivity index (χ4v) is 5.18. The monoisotopic (exact) mass is 392 g/mol. The summed E-state index contributed by atoms with van der Waals surface area (Å²) in [6.07, 6.45) is 9.30. The highest BCUT2D eigenvalue weighted by Crippen LogP contribution is 2.40. The van der Waals surface area contributed by atoms with Gasteiger partial charge in [0.1, 0.15) is 0 Å². The summed E-state index contributed by atoms with van der Waals surface area (Å²) in [5, 5.41) is 0.791. The molecule has 5 nitrogen and oxygen atoms in total. The van der Waals surface area contributed by atoms with Crippen molar-refractivity contribution < 1.29 is 14.3 Å². The number of pyridine rings is 1. The van der Waals surface area contributed by atoms with Gasteiger partial charge in [-0.2, -0.15) is 0 Å². The number of nitrogens with zero attached hydrogens (tertiary/aromatic N) is 2. The third-order valence-corrected chi connectivity index (χ3v) is 6.84. The Morgan fingerprint density at radius 2 is 1.83 bits per heavy atom. The average Bonchev–Trinajstić information content (AvgIpc) is 3.61. The van der Waals surface area contributed by atoms with E-state index < -0.39 is 5.97 Å². The van der Waals surface area contributed by atoms with Gasteiger partial charge in [-0.25, -0.2) is 4.79 Å². The molecule has 0 N–H and O–H groups in total. The minimum Gasteiger partial charge on any atom is -0.452 e. The van der Waals surface area contributed by atoms with Gasteiger partial charge < -0.3 is 9.64 Å². The van der Waals surface area contributed by atoms with Crippen molar-refractivity contribution in [1.82, 2.24) is 9.88 Å². The first-order chi connectivity index (χ1) is 14.2. The number of hydrogen-bond acceptors (Lipinski definition) is 4. The van der Waals surface area contributed by atoms with Crippen LogP contribution in [-0.4, -0.2) is 41.0 Å². The maximum Gasteiger partial charge on any atom is 0.339 e. The minimum absolute atomic E-state index is 0.0456. The Morgan fingerprint density at radius 1 is 1.03 bits per heavy atom. The highest BCUT2D eigenvalue weighted by Gasteiger charge is 2.36. The summed E-state index contributed by atoms with van der Waals surface area (Å²) < 4.78 is 5.53. The number of carbonyl (C=O) groups excluding carboxylic acids is 2. The molecule has 3 aliphatic rings. The van der Waals surface area contributed by atoms with Crippen LogP contribution in [0.15, 0.2) is 30.3 Å². The molecule has 5 heteroatoms. The third kappa shape index (κ3) is 3.75. The van der Waals surface area contributed by atoms with Gasteiger partial charge in [-0.3, -0.25) is 9.78 Å². The van der Waals surface area contributed by atoms with Gasteiger partial charge in [-0.15, -0.1) is 0 Å². The van der Waals surface area contributed by atoms with E-state index in [0.717, 1.165) is 48.8 Å². The van der Waals surface area contributed by atoms with Crippen molar-refractivity contribution in [3.8, 4) is 0 Å². The number of carbonyl (C=O) groups is 2. The quantitative estimate of drug-likeness (QED) is 0.721. The molecule has 0 spiro atoms. The van der Waals surface area contributed by atoms with E-state index in [1.165, 1.54) is 25.7 Å². The largest absolute Gasteiger partial charge is 0.452 e. The van der Waals surface area contributed by atoms with Gasteiger partial charge in [0.25, 0.3) is 5.91 Å². The summed E-state index contributed by atoms with van der Waals surface area (Å²) in [7, 11) is 0. The van der Waals surface area contributed by atoms with Gasteiger partial charge in [0, 0.05) is 29.6 Å². The first kappa shape index (κ1) is 18.6. The van der Waals surface area contributed by atoms with Crippen LogP contribution in [-0.2, 0) is 9.53 Å². The lowest BCUT2D eigenvalue weighted by atomic mass is 9.78. The zero-order chi connectivity index (χ0) is 19.8. The zero-order valence-electron chi connectivity index (χ0n) is 16.8. The number of rotatable bonds is 4. The fraction of sp³-hybridized carbons (Fsp3) is 0.542. The number of hydrogen-bond donors (Lipinski definition) is 0. The molecule has 0 radical (unpaired) electrons. The second-order valence-corrected chi connectivity index (χ2v) is 8.80. The van der Waals surface area contributed by atoms with E-state index in [9.17, 15) is 9.59 Å². The topological polar surface area (TPSA) is 59.5 Å². The van der Waals surface area contributed by atoms with Crippen molar-refractivity contribution in [3.05, 3.63) is 41.6 Å². The number of likely N-dealkylation sites (tertiary alicyclic amines) is 1. The number of amides is 1. The maximum atomic E-state index is 12.9. The Labute approximate surface area is 171 Å². The second kappa shape index (κ2) is 7.77. The standard InChI is InChI=1S/C24H28N2O3/c27-23(26-13-5-7-17-6-1-4-10-22(17)26)15-29-24(28)19-14-21(16-11-12-16)25-20-9-3-2-8-18(19)20/h2-3,8-9,14,16-17,22H,1,4-7,10-13,15H2/t17-,22+/m0/s1. The molecular weight excluding hydrogens is 364 g/mol. The van der Waals surface area contributed by atoms with Crippen molar-refractivity contribution in [2.75, 3.05) is 13.2 Å². The van der Waals surface area contributed by atoms with Crippen LogP contribution in [0.1, 0.15) is 73.3 Å². The Balaban J connectivity index is 1.31. The Kier molecular flexibility index (Phi) is 4.98. The lowest BCUT2D eigenvalue weighted by Crippen LogP contribution is -2.50. The second-order valence-electron chi connectivity index (χ2n) is 8.80. The average molecular weight is 392 g/mol. The molecular formula is C24H28N2O3. The van der Waals surface area contributed by atoms with Crippen molar-refractivity contribution in [3.63, 3.8) is 0 Å². The van der Waals surface area contributed by atoms with Crippen LogP contribution >= 0.6 is 0 Å². The van der Waals surface area contributed by atoms with Crippen LogP contribution in [0, 0.1) is 5.92 Å². The Hall–Kier alpha value is -2.43. The Morgan fingerprint density at radius 3 is 2.69 bits per heavy atom. The summed E-state index contributed by atoms with van der Waals surface area (Å²) in [5.74, 6) is 0.610. The SMILES string of the molecule is O=C(OCC(=O)N1CCC[C@@H]2CCCC[C@H]21)c1cc(C2CC2)nc2ccccc12. The molecule has 1 amide bonds. The van der Waals surface area contributed by atoms with Crippen LogP contribution in [0.4, 0.5) is 0 Å². The molecule has 1 aliphatic heterocycles. The van der Waals surface area contributed by atoms with E-state index in [1.54, 1.807) is 0 Å². The van der Waals surface area contributed by atoms with Gasteiger partial charge in [-0.05, 0) is 56.6 Å². The molecule has 2 aromatic rings. The van der Waals surface area contributed by atoms with Crippen LogP contribution < -0.4 is 0 Å². The number of piperidine rings is 1. The van der Waals surface area contributed by atoms with Crippen molar-refractivity contribution in [2.45, 2.75) is 63.3 Å². The first-order valence-corrected chi connectivity index (χ1v) is 11.1. The van der Waals surface area contributed by atoms with Gasteiger partial charge in [0.2, 0.25) is 0 Å². The van der Waals surface area contributed by atoms with E-state index >= 15 is 0 Å². The molecule has 1 saturated heterocycles. The third-order valence-electron chi connectivity index (χ3n) is 6.84. The molecule has 5 rings (SSSR count). The molecule has 2 saturated carbocycles. The first-order valence-electron chi connectivity index (χ1n) is 11.1. The van der Waals surface area contributed by atoms with E-state index in [4.69, 9.17) is 9.72 Å². The zero-order valence-corrected chi connectivity index (χ0v) is 16.8. The molecule has 2 atom stereocenters. The van der Waals surface area contributed by atoms with E-state index in [1.807, 2.05) is 35.2 Å². The van der Waals surface area contributed by atoms with Crippen molar-refractivity contribution >= 4 is 22.8 Å². The molecule has 152 valence electrons. The summed E-state index contributed by atoms with van der Waals surface area (Å²) in [5.41, 5.74) is 2.30. The molecule has 1 aromatic heterocycles. The van der Waals surface area contributed by atoms with Crippen molar-refractivity contribution in [1.29, 1.82) is 0 Å². The van der Waals surface area contributed by atoms with Gasteiger partial charge >= 0.3 is 5.97 Å². The predicted octanol–water partition coefficient (Wildman–Crippen LogP) is 4.45. The lowest BCUT2D eigenvalue weighted by molar-refractivity contribution is -0.140. The number of para-hydroxylation sites is 1. The fourth-order valence-electron chi connectivity index (χ4n) is 5.18. The summed E-state index contributed by atoms with van der Waals surface area (Å²) in [6.45, 7) is 0.624. The van der Waals surface area contributed by atoms with Gasteiger partial charge in [0.05, 0.1) is 11.1 Å². The molecule has 29 heavy (non-hydrogen) atoms. The lowest BCUT2D eigenvalue weighted by Gasteiger charge is -2.44. The van der Waals surface area contributed by atoms with Gasteiger partial charge in [-0.1, -0.05) is 31.0 Å². The van der Waals surface area contributed by atoms with Crippen LogP contribution in [0.5, 0.6) is 0 Å². The van der Waals surface area contributed by atoms with Crippen LogP contribution in [0.25, 0.3) is 10.9 Å². The summed E-state index contributed by atoms with van der Waals surface area (Å²) in [6, 6.07) is 9.87. The summed E-state index contributed by atoms with van der Waals surface area (Å²) >= 11 is 0. The number of fused-ring (bicyclic) bond motifs is 2. The highest BCUT2D eigenvalue weighted by molar-refractivity contribution is 6.04. The molecule has 2 aliphatic carbocycles. The van der Waals surface area contributed by atoms with Crippen molar-refractivity contribution in [2.24, 2.45) is 5.92 Å². The predicted molar refractivity (Wildman–Crippen MR) is 111 cm³/mol. The molecule has 1 aromatic carbocycles. The van der Waals surface area contributed by atoms with Crippen LogP contribution in [0.2, 0.25) is 0 Å². The number of benzene rings is 1. The number of esters is 1. The smallest absolute Gasteiger partial charge is 0.339 e. The van der Waals surface area contributed by atoms with E-state index in [-0.39, 0.29) is 12.5 Å². The van der Waals surface area contributed by atoms with E-state index in [2.05, 4.69) is 0 Å². The van der Waals surface area contributed by atoms with Crippen LogP contribution in [0.3, 0.4) is 0 Å². The van der Waals surface area contributed by atoms with Gasteiger partial charge in [0.15, 0.2) is 6.61 Å². The highest BCUT2D eigenvalue weighted by atomic mass is 16.5. The molecule has 0 bridgehead atoms.